The summed E-state index contributed by atoms with van der Waals surface area (Å²) in [5.41, 5.74) is 1.10. The number of aryl methyl sites for hydroxylation is 1. The summed E-state index contributed by atoms with van der Waals surface area (Å²) in [4.78, 5) is 13.8. The summed E-state index contributed by atoms with van der Waals surface area (Å²) in [6.07, 6.45) is 1.39. The number of nitrogens with zero attached hydrogens (tertiary/aromatic N) is 7. The van der Waals surface area contributed by atoms with Crippen LogP contribution in [0.1, 0.15) is 21.9 Å². The topological polar surface area (TPSA) is 119 Å². The number of carbonyl (C=O) groups is 1. The Labute approximate surface area is 118 Å². The summed E-state index contributed by atoms with van der Waals surface area (Å²) >= 11 is 0. The number of amides is 1. The van der Waals surface area contributed by atoms with Crippen molar-refractivity contribution < 1.29 is 9.32 Å². The van der Waals surface area contributed by atoms with Crippen LogP contribution in [0, 0.1) is 6.92 Å². The Kier molecular flexibility index (Phi) is 3.18. The van der Waals surface area contributed by atoms with E-state index < -0.39 is 0 Å². The second kappa shape index (κ2) is 5.15. The van der Waals surface area contributed by atoms with Gasteiger partial charge in [0.15, 0.2) is 11.6 Å². The first-order chi connectivity index (χ1) is 10.1. The molecule has 10 nitrogen and oxygen atoms in total. The first-order valence-electron chi connectivity index (χ1n) is 6.10. The van der Waals surface area contributed by atoms with E-state index in [4.69, 9.17) is 4.52 Å². The van der Waals surface area contributed by atoms with Gasteiger partial charge in [0, 0.05) is 19.2 Å². The van der Waals surface area contributed by atoms with Gasteiger partial charge in [0.25, 0.3) is 5.91 Å². The number of aromatic nitrogens is 7. The van der Waals surface area contributed by atoms with Crippen LogP contribution in [0.25, 0.3) is 5.82 Å². The third-order valence-corrected chi connectivity index (χ3v) is 2.79. The Morgan fingerprint density at radius 1 is 1.48 bits per heavy atom. The average Bonchev–Trinajstić information content (AvgIpc) is 3.18. The molecule has 0 aliphatic rings. The van der Waals surface area contributed by atoms with Gasteiger partial charge in [0.2, 0.25) is 0 Å². The first kappa shape index (κ1) is 13.0. The van der Waals surface area contributed by atoms with Gasteiger partial charge >= 0.3 is 0 Å². The summed E-state index contributed by atoms with van der Waals surface area (Å²) in [6.45, 7) is 2.14. The standard InChI is InChI=1S/C11H12N8O2/c1-7-3-8(21-15-7)5-18(2)11(20)9-4-10(14-13-9)19-6-12-16-17-19/h3-4,6H,5H2,1-2H3,(H,13,14). The van der Waals surface area contributed by atoms with Crippen LogP contribution in [-0.4, -0.2) is 53.4 Å². The molecule has 108 valence electrons. The van der Waals surface area contributed by atoms with Crippen LogP contribution in [0.3, 0.4) is 0 Å². The largest absolute Gasteiger partial charge is 0.359 e. The van der Waals surface area contributed by atoms with E-state index in [2.05, 4.69) is 30.9 Å². The van der Waals surface area contributed by atoms with E-state index in [0.717, 1.165) is 5.69 Å². The highest BCUT2D eigenvalue weighted by atomic mass is 16.5. The number of hydrogen-bond donors (Lipinski definition) is 1. The average molecular weight is 288 g/mol. The van der Waals surface area contributed by atoms with E-state index in [-0.39, 0.29) is 5.91 Å². The van der Waals surface area contributed by atoms with Crippen molar-refractivity contribution in [3.63, 3.8) is 0 Å². The molecule has 0 saturated heterocycles. The van der Waals surface area contributed by atoms with Gasteiger partial charge in [0.05, 0.1) is 12.2 Å². The Hall–Kier alpha value is -3.04. The fraction of sp³-hybridized carbons (Fsp3) is 0.273. The molecule has 0 fully saturated rings. The number of carbonyl (C=O) groups excluding carboxylic acids is 1. The highest BCUT2D eigenvalue weighted by Gasteiger charge is 2.17. The molecule has 3 aromatic heterocycles. The molecular formula is C11H12N8O2. The van der Waals surface area contributed by atoms with Crippen molar-refractivity contribution in [3.8, 4) is 5.82 Å². The molecule has 3 aromatic rings. The van der Waals surface area contributed by atoms with Crippen molar-refractivity contribution in [2.24, 2.45) is 0 Å². The van der Waals surface area contributed by atoms with Crippen LogP contribution in [0.5, 0.6) is 0 Å². The summed E-state index contributed by atoms with van der Waals surface area (Å²) in [6, 6.07) is 3.35. The predicted octanol–water partition coefficient (Wildman–Crippen LogP) is -0.0460. The number of hydrogen-bond acceptors (Lipinski definition) is 7. The van der Waals surface area contributed by atoms with Gasteiger partial charge in [-0.2, -0.15) is 9.78 Å². The maximum atomic E-state index is 12.3. The lowest BCUT2D eigenvalue weighted by Crippen LogP contribution is -2.26. The molecule has 0 atom stereocenters. The summed E-state index contributed by atoms with van der Waals surface area (Å²) in [5, 5.41) is 21.1. The molecule has 0 aliphatic carbocycles. The van der Waals surface area contributed by atoms with Crippen molar-refractivity contribution in [3.05, 3.63) is 35.6 Å². The van der Waals surface area contributed by atoms with E-state index in [9.17, 15) is 4.79 Å². The molecule has 0 unspecified atom stereocenters. The van der Waals surface area contributed by atoms with Crippen LogP contribution in [0.4, 0.5) is 0 Å². The zero-order valence-electron chi connectivity index (χ0n) is 11.4. The Bertz CT molecular complexity index is 744. The molecule has 0 aromatic carbocycles. The van der Waals surface area contributed by atoms with Gasteiger partial charge in [-0.3, -0.25) is 9.89 Å². The SMILES string of the molecule is Cc1cc(CN(C)C(=O)c2cc(-n3cnnn3)n[nH]2)on1. The summed E-state index contributed by atoms with van der Waals surface area (Å²) < 4.78 is 6.44. The predicted molar refractivity (Wildman–Crippen MR) is 68.3 cm³/mol. The Morgan fingerprint density at radius 2 is 2.33 bits per heavy atom. The molecular weight excluding hydrogens is 276 g/mol. The fourth-order valence-electron chi connectivity index (χ4n) is 1.81. The minimum atomic E-state index is -0.226. The molecule has 0 bridgehead atoms. The molecule has 1 amide bonds. The smallest absolute Gasteiger partial charge is 0.272 e. The van der Waals surface area contributed by atoms with E-state index in [1.165, 1.54) is 15.9 Å². The van der Waals surface area contributed by atoms with E-state index in [1.807, 2.05) is 6.92 Å². The van der Waals surface area contributed by atoms with Gasteiger partial charge in [-0.15, -0.1) is 5.10 Å². The van der Waals surface area contributed by atoms with E-state index in [1.54, 1.807) is 19.2 Å². The molecule has 3 heterocycles. The lowest BCUT2D eigenvalue weighted by molar-refractivity contribution is 0.0766. The second-order valence-corrected chi connectivity index (χ2v) is 4.49. The highest BCUT2D eigenvalue weighted by Crippen LogP contribution is 2.10. The molecule has 0 radical (unpaired) electrons. The van der Waals surface area contributed by atoms with Crippen LogP contribution in [0.15, 0.2) is 23.0 Å². The third kappa shape index (κ3) is 2.63. The maximum absolute atomic E-state index is 12.3. The van der Waals surface area contributed by atoms with E-state index in [0.29, 0.717) is 23.8 Å². The van der Waals surface area contributed by atoms with Crippen LogP contribution < -0.4 is 0 Å². The van der Waals surface area contributed by atoms with Crippen LogP contribution >= 0.6 is 0 Å². The van der Waals surface area contributed by atoms with Crippen LogP contribution in [-0.2, 0) is 6.54 Å². The Balaban J connectivity index is 1.72. The third-order valence-electron chi connectivity index (χ3n) is 2.79. The molecule has 0 saturated carbocycles. The molecule has 1 N–H and O–H groups in total. The lowest BCUT2D eigenvalue weighted by Gasteiger charge is -2.13. The monoisotopic (exact) mass is 288 g/mol. The number of tetrazole rings is 1. The minimum absolute atomic E-state index is 0.226. The van der Waals surface area contributed by atoms with Crippen LogP contribution in [0.2, 0.25) is 0 Å². The molecule has 21 heavy (non-hydrogen) atoms. The van der Waals surface area contributed by atoms with Crippen molar-refractivity contribution in [1.82, 2.24) is 40.5 Å². The normalized spacial score (nSPS) is 10.8. The summed E-state index contributed by atoms with van der Waals surface area (Å²) in [5.74, 6) is 0.826. The number of rotatable bonds is 4. The zero-order chi connectivity index (χ0) is 14.8. The minimum Gasteiger partial charge on any atom is -0.359 e. The van der Waals surface area contributed by atoms with E-state index >= 15 is 0 Å². The zero-order valence-corrected chi connectivity index (χ0v) is 11.4. The fourth-order valence-corrected chi connectivity index (χ4v) is 1.81. The van der Waals surface area contributed by atoms with Crippen molar-refractivity contribution in [1.29, 1.82) is 0 Å². The number of H-pyrrole nitrogens is 1. The lowest BCUT2D eigenvalue weighted by atomic mass is 10.3. The number of nitrogens with one attached hydrogen (secondary N) is 1. The van der Waals surface area contributed by atoms with Crippen molar-refractivity contribution in [2.75, 3.05) is 7.05 Å². The van der Waals surface area contributed by atoms with Gasteiger partial charge in [-0.1, -0.05) is 5.16 Å². The first-order valence-corrected chi connectivity index (χ1v) is 6.10. The number of aromatic amines is 1. The van der Waals surface area contributed by atoms with Crippen molar-refractivity contribution in [2.45, 2.75) is 13.5 Å². The molecule has 0 aliphatic heterocycles. The van der Waals surface area contributed by atoms with Gasteiger partial charge in [-0.05, 0) is 17.4 Å². The molecule has 3 rings (SSSR count). The van der Waals surface area contributed by atoms with Gasteiger partial charge in [0.1, 0.15) is 12.0 Å². The summed E-state index contributed by atoms with van der Waals surface area (Å²) in [7, 11) is 1.66. The second-order valence-electron chi connectivity index (χ2n) is 4.49. The Morgan fingerprint density at radius 3 is 3.00 bits per heavy atom. The molecule has 10 heteroatoms. The van der Waals surface area contributed by atoms with Crippen molar-refractivity contribution >= 4 is 5.91 Å². The molecule has 0 spiro atoms. The highest BCUT2D eigenvalue weighted by molar-refractivity contribution is 5.92. The van der Waals surface area contributed by atoms with Gasteiger partial charge < -0.3 is 9.42 Å². The quantitative estimate of drug-likeness (QED) is 0.715. The maximum Gasteiger partial charge on any atom is 0.272 e. The van der Waals surface area contributed by atoms with Gasteiger partial charge in [-0.25, -0.2) is 0 Å².